The van der Waals surface area contributed by atoms with E-state index in [-0.39, 0.29) is 41.6 Å². The molecule has 1 saturated carbocycles. The SMILES string of the molecule is CCc1cc(NC(=O)c2ncc(-c3cn(CC#N)nc3C(F)(F)F)n2C)ccc1C(=O)N1CCN(C(=O)NC2C3CNCC32)CC1. The largest absolute Gasteiger partial charge is 0.435 e. The average Bonchev–Trinajstić information content (AvgIpc) is 3.47. The molecule has 2 aromatic heterocycles. The molecule has 2 aliphatic heterocycles. The van der Waals surface area contributed by atoms with Gasteiger partial charge in [-0.05, 0) is 42.0 Å². The number of alkyl halides is 3. The minimum absolute atomic E-state index is 0.00170. The molecular formula is C30H33F3N10O3. The van der Waals surface area contributed by atoms with Crippen LogP contribution in [0.3, 0.4) is 0 Å². The molecule has 3 N–H and O–H groups in total. The summed E-state index contributed by atoms with van der Waals surface area (Å²) in [5, 5.41) is 21.5. The van der Waals surface area contributed by atoms with Crippen LogP contribution in [0.1, 0.15) is 39.2 Å². The van der Waals surface area contributed by atoms with E-state index in [1.165, 1.54) is 11.6 Å². The quantitative estimate of drug-likeness (QED) is 0.359. The third kappa shape index (κ3) is 5.89. The van der Waals surface area contributed by atoms with Gasteiger partial charge in [0.15, 0.2) is 11.5 Å². The first-order valence-corrected chi connectivity index (χ1v) is 15.0. The van der Waals surface area contributed by atoms with Gasteiger partial charge in [0, 0.05) is 69.8 Å². The predicted octanol–water partition coefficient (Wildman–Crippen LogP) is 2.33. The molecule has 16 heteroatoms. The van der Waals surface area contributed by atoms with Gasteiger partial charge in [-0.1, -0.05) is 6.92 Å². The van der Waals surface area contributed by atoms with Crippen LogP contribution in [0.2, 0.25) is 0 Å². The lowest BCUT2D eigenvalue weighted by Crippen LogP contribution is -2.54. The lowest BCUT2D eigenvalue weighted by molar-refractivity contribution is -0.141. The summed E-state index contributed by atoms with van der Waals surface area (Å²) >= 11 is 0. The molecule has 3 aliphatic rings. The number of urea groups is 1. The zero-order valence-electron chi connectivity index (χ0n) is 25.3. The van der Waals surface area contributed by atoms with Crippen molar-refractivity contribution in [1.82, 2.24) is 39.8 Å². The molecule has 46 heavy (non-hydrogen) atoms. The van der Waals surface area contributed by atoms with E-state index in [9.17, 15) is 27.6 Å². The Labute approximate surface area is 262 Å². The highest BCUT2D eigenvalue weighted by Crippen LogP contribution is 2.41. The van der Waals surface area contributed by atoms with Gasteiger partial charge in [0.2, 0.25) is 0 Å². The Kier molecular flexibility index (Phi) is 8.19. The number of nitrogens with zero attached hydrogens (tertiary/aromatic N) is 7. The van der Waals surface area contributed by atoms with Crippen molar-refractivity contribution < 1.29 is 27.6 Å². The molecule has 242 valence electrons. The third-order valence-electron chi connectivity index (χ3n) is 8.94. The number of hydrogen-bond acceptors (Lipinski definition) is 7. The summed E-state index contributed by atoms with van der Waals surface area (Å²) in [5.74, 6) is 0.0768. The van der Waals surface area contributed by atoms with E-state index in [0.29, 0.717) is 61.2 Å². The highest BCUT2D eigenvalue weighted by atomic mass is 19.4. The fourth-order valence-electron chi connectivity index (χ4n) is 6.35. The van der Waals surface area contributed by atoms with Gasteiger partial charge in [0.05, 0.1) is 23.5 Å². The van der Waals surface area contributed by atoms with E-state index >= 15 is 0 Å². The number of hydrogen-bond donors (Lipinski definition) is 3. The lowest BCUT2D eigenvalue weighted by atomic mass is 10.0. The molecule has 1 aliphatic carbocycles. The molecule has 2 saturated heterocycles. The molecule has 0 spiro atoms. The van der Waals surface area contributed by atoms with Crippen LogP contribution in [0.25, 0.3) is 11.3 Å². The number of rotatable bonds is 7. The number of carbonyl (C=O) groups is 3. The maximum Gasteiger partial charge on any atom is 0.435 e. The minimum atomic E-state index is -4.78. The van der Waals surface area contributed by atoms with Crippen molar-refractivity contribution in [3.63, 3.8) is 0 Å². The van der Waals surface area contributed by atoms with Crippen LogP contribution in [0.15, 0.2) is 30.6 Å². The third-order valence-corrected chi connectivity index (χ3v) is 8.94. The summed E-state index contributed by atoms with van der Waals surface area (Å²) in [4.78, 5) is 46.8. The standard InChI is InChI=1S/C30H33F3N10O3/c1-3-17-12-18(37-27(44)26-36-15-23(40(26)2)22-16-43(7-6-34)39-25(22)30(31,32)33)4-5-19(17)28(45)41-8-10-42(11-9-41)29(46)38-24-20-13-35-14-21(20)24/h4-5,12,15-16,20-21,24,35H,3,7-11,13-14H2,1-2H3,(H,37,44)(H,38,46). The van der Waals surface area contributed by atoms with Gasteiger partial charge in [-0.2, -0.15) is 23.5 Å². The molecule has 0 radical (unpaired) electrons. The lowest BCUT2D eigenvalue weighted by Gasteiger charge is -2.35. The van der Waals surface area contributed by atoms with E-state index in [2.05, 4.69) is 26.0 Å². The molecule has 3 aromatic rings. The summed E-state index contributed by atoms with van der Waals surface area (Å²) in [7, 11) is 1.41. The maximum absolute atomic E-state index is 13.7. The van der Waals surface area contributed by atoms with Gasteiger partial charge < -0.3 is 30.3 Å². The van der Waals surface area contributed by atoms with Crippen molar-refractivity contribution >= 4 is 23.5 Å². The number of amides is 4. The van der Waals surface area contributed by atoms with Crippen LogP contribution in [-0.4, -0.2) is 92.3 Å². The molecule has 1 aromatic carbocycles. The van der Waals surface area contributed by atoms with Crippen LogP contribution < -0.4 is 16.0 Å². The number of anilines is 1. The first-order valence-electron chi connectivity index (χ1n) is 15.0. The summed E-state index contributed by atoms with van der Waals surface area (Å²) in [6.07, 6.45) is -2.03. The molecule has 3 fully saturated rings. The van der Waals surface area contributed by atoms with Crippen molar-refractivity contribution in [2.45, 2.75) is 32.1 Å². The number of nitrogens with one attached hydrogen (secondary N) is 3. The second-order valence-electron chi connectivity index (χ2n) is 11.7. The Morgan fingerprint density at radius 1 is 1.11 bits per heavy atom. The number of benzene rings is 1. The number of halogens is 3. The van der Waals surface area contributed by atoms with Gasteiger partial charge in [0.1, 0.15) is 6.54 Å². The highest BCUT2D eigenvalue weighted by molar-refractivity contribution is 6.03. The molecule has 2 unspecified atom stereocenters. The van der Waals surface area contributed by atoms with Crippen molar-refractivity contribution in [3.05, 3.63) is 53.2 Å². The molecule has 0 bridgehead atoms. The van der Waals surface area contributed by atoms with E-state index in [0.717, 1.165) is 30.2 Å². The van der Waals surface area contributed by atoms with Gasteiger partial charge in [0.25, 0.3) is 11.8 Å². The summed E-state index contributed by atoms with van der Waals surface area (Å²) < 4.78 is 43.1. The number of aromatic nitrogens is 4. The van der Waals surface area contributed by atoms with Crippen LogP contribution in [0.4, 0.5) is 23.7 Å². The van der Waals surface area contributed by atoms with Gasteiger partial charge in [-0.15, -0.1) is 0 Å². The Balaban J connectivity index is 1.10. The summed E-state index contributed by atoms with van der Waals surface area (Å²) in [6.45, 7) is 5.06. The fraction of sp³-hybridized carbons (Fsp3) is 0.467. The number of carbonyl (C=O) groups excluding carboxylic acids is 3. The zero-order chi connectivity index (χ0) is 32.7. The van der Waals surface area contributed by atoms with Gasteiger partial charge in [-0.25, -0.2) is 9.78 Å². The van der Waals surface area contributed by atoms with Crippen LogP contribution in [0, 0.1) is 23.2 Å². The van der Waals surface area contributed by atoms with Gasteiger partial charge >= 0.3 is 12.2 Å². The first kappa shape index (κ1) is 31.1. The second-order valence-corrected chi connectivity index (χ2v) is 11.7. The van der Waals surface area contributed by atoms with Crippen molar-refractivity contribution in [2.24, 2.45) is 18.9 Å². The number of nitriles is 1. The zero-order valence-corrected chi connectivity index (χ0v) is 25.3. The predicted molar refractivity (Wildman–Crippen MR) is 158 cm³/mol. The molecule has 2 atom stereocenters. The Morgan fingerprint density at radius 3 is 2.46 bits per heavy atom. The number of imidazole rings is 1. The van der Waals surface area contributed by atoms with E-state index < -0.39 is 17.8 Å². The Morgan fingerprint density at radius 2 is 1.80 bits per heavy atom. The normalized spacial score (nSPS) is 20.7. The van der Waals surface area contributed by atoms with E-state index in [1.807, 2.05) is 6.92 Å². The average molecular weight is 639 g/mol. The van der Waals surface area contributed by atoms with E-state index in [4.69, 9.17) is 5.26 Å². The first-order chi connectivity index (χ1) is 22.0. The summed E-state index contributed by atoms with van der Waals surface area (Å²) in [5.41, 5.74) is 0.0943. The number of piperidine rings is 1. The van der Waals surface area contributed by atoms with Crippen LogP contribution >= 0.6 is 0 Å². The highest BCUT2D eigenvalue weighted by Gasteiger charge is 2.54. The van der Waals surface area contributed by atoms with Crippen LogP contribution in [0.5, 0.6) is 0 Å². The fourth-order valence-corrected chi connectivity index (χ4v) is 6.35. The minimum Gasteiger partial charge on any atom is -0.335 e. The van der Waals surface area contributed by atoms with Crippen molar-refractivity contribution in [2.75, 3.05) is 44.6 Å². The van der Waals surface area contributed by atoms with E-state index in [1.54, 1.807) is 34.1 Å². The van der Waals surface area contributed by atoms with Gasteiger partial charge in [-0.3, -0.25) is 14.3 Å². The topological polar surface area (TPSA) is 153 Å². The molecule has 4 heterocycles. The van der Waals surface area contributed by atoms with Crippen molar-refractivity contribution in [3.8, 4) is 17.3 Å². The smallest absolute Gasteiger partial charge is 0.335 e. The number of fused-ring (bicyclic) bond motifs is 1. The monoisotopic (exact) mass is 638 g/mol. The maximum atomic E-state index is 13.7. The second kappa shape index (κ2) is 12.1. The molecule has 4 amide bonds. The van der Waals surface area contributed by atoms with Crippen LogP contribution in [-0.2, 0) is 26.2 Å². The van der Waals surface area contributed by atoms with Crippen molar-refractivity contribution in [1.29, 1.82) is 5.26 Å². The number of aryl methyl sites for hydroxylation is 1. The molecule has 13 nitrogen and oxygen atoms in total. The molecule has 6 rings (SSSR count). The number of piperazine rings is 1. The summed E-state index contributed by atoms with van der Waals surface area (Å²) in [6, 6.07) is 6.82. The molecular weight excluding hydrogens is 605 g/mol. The Hall–Kier alpha value is -4.91. The Bertz CT molecular complexity index is 1710.